The van der Waals surface area contributed by atoms with Gasteiger partial charge in [0.2, 0.25) is 17.7 Å². The van der Waals surface area contributed by atoms with E-state index < -0.39 is 35.8 Å². The predicted molar refractivity (Wildman–Crippen MR) is 101 cm³/mol. The van der Waals surface area contributed by atoms with Gasteiger partial charge in [0.15, 0.2) is 6.61 Å². The van der Waals surface area contributed by atoms with Crippen molar-refractivity contribution in [3.05, 3.63) is 47.7 Å². The van der Waals surface area contributed by atoms with Crippen LogP contribution in [-0.2, 0) is 15.7 Å². The third-order valence-corrected chi connectivity index (χ3v) is 3.96. The highest BCUT2D eigenvalue weighted by Crippen LogP contribution is 2.37. The molecule has 1 N–H and O–H groups in total. The van der Waals surface area contributed by atoms with Gasteiger partial charge in [0.25, 0.3) is 5.91 Å². The first-order valence-corrected chi connectivity index (χ1v) is 8.62. The summed E-state index contributed by atoms with van der Waals surface area (Å²) in [4.78, 5) is 35.9. The second-order valence-corrected chi connectivity index (χ2v) is 5.96. The molecule has 12 heteroatoms. The minimum Gasteiger partial charge on any atom is -0.481 e. The molecule has 31 heavy (non-hydrogen) atoms. The second-order valence-electron chi connectivity index (χ2n) is 5.96. The number of carbonyl (C=O) groups excluding carboxylic acids is 2. The first-order chi connectivity index (χ1) is 14.7. The van der Waals surface area contributed by atoms with Gasteiger partial charge < -0.3 is 14.2 Å². The fourth-order valence-corrected chi connectivity index (χ4v) is 2.64. The molecule has 0 fully saturated rings. The van der Waals surface area contributed by atoms with E-state index in [1.165, 1.54) is 44.6 Å². The van der Waals surface area contributed by atoms with E-state index in [0.717, 1.165) is 6.20 Å². The molecule has 162 valence electrons. The smallest absolute Gasteiger partial charge is 0.417 e. The zero-order valence-corrected chi connectivity index (χ0v) is 16.2. The molecule has 0 saturated carbocycles. The molecule has 2 heterocycles. The number of ether oxygens (including phenoxy) is 3. The zero-order valence-electron chi connectivity index (χ0n) is 16.2. The number of anilines is 1. The van der Waals surface area contributed by atoms with Crippen LogP contribution in [0, 0.1) is 0 Å². The maximum absolute atomic E-state index is 13.6. The van der Waals surface area contributed by atoms with Crippen LogP contribution in [0.3, 0.4) is 0 Å². The lowest BCUT2D eigenvalue weighted by molar-refractivity contribution is -0.136. The molecule has 0 radical (unpaired) electrons. The van der Waals surface area contributed by atoms with Crippen LogP contribution in [0.15, 0.2) is 36.5 Å². The quantitative estimate of drug-likeness (QED) is 0.587. The Morgan fingerprint density at radius 1 is 1.06 bits per heavy atom. The summed E-state index contributed by atoms with van der Waals surface area (Å²) in [6.07, 6.45) is -4.08. The van der Waals surface area contributed by atoms with Crippen molar-refractivity contribution in [1.82, 2.24) is 15.0 Å². The molecule has 0 aliphatic carbocycles. The van der Waals surface area contributed by atoms with Gasteiger partial charge in [0.05, 0.1) is 36.9 Å². The fourth-order valence-electron chi connectivity index (χ4n) is 2.64. The standard InChI is InChI=1S/C19H15F3N4O5/c1-29-14-7-15(30-2)26-18(25-14)24-13(27)9-31-17(28)11-8-23-12-6-4-3-5-10(12)16(11)19(20,21)22/h3-8H,9H2,1-2H3,(H,24,25,26,27). The number of hydrogen-bond acceptors (Lipinski definition) is 8. The van der Waals surface area contributed by atoms with Crippen LogP contribution in [0.5, 0.6) is 11.8 Å². The molecule has 3 rings (SSSR count). The minimum atomic E-state index is -4.84. The van der Waals surface area contributed by atoms with Crippen LogP contribution < -0.4 is 14.8 Å². The maximum atomic E-state index is 13.6. The number of alkyl halides is 3. The number of amides is 1. The number of aromatic nitrogens is 3. The summed E-state index contributed by atoms with van der Waals surface area (Å²) in [5.41, 5.74) is -1.93. The Balaban J connectivity index is 1.77. The first kappa shape index (κ1) is 21.7. The average Bonchev–Trinajstić information content (AvgIpc) is 2.75. The number of hydrogen-bond donors (Lipinski definition) is 1. The molecule has 0 bridgehead atoms. The predicted octanol–water partition coefficient (Wildman–Crippen LogP) is 2.86. The van der Waals surface area contributed by atoms with Gasteiger partial charge in [-0.3, -0.25) is 15.1 Å². The molecule has 9 nitrogen and oxygen atoms in total. The maximum Gasteiger partial charge on any atom is 0.417 e. The number of methoxy groups -OCH3 is 2. The van der Waals surface area contributed by atoms with Gasteiger partial charge in [-0.1, -0.05) is 18.2 Å². The van der Waals surface area contributed by atoms with E-state index in [4.69, 9.17) is 14.2 Å². The molecular weight excluding hydrogens is 421 g/mol. The molecule has 1 amide bonds. The van der Waals surface area contributed by atoms with Gasteiger partial charge in [-0.25, -0.2) is 4.79 Å². The summed E-state index contributed by atoms with van der Waals surface area (Å²) >= 11 is 0. The van der Waals surface area contributed by atoms with Gasteiger partial charge in [0, 0.05) is 11.6 Å². The zero-order chi connectivity index (χ0) is 22.6. The topological polar surface area (TPSA) is 113 Å². The van der Waals surface area contributed by atoms with Gasteiger partial charge in [-0.2, -0.15) is 23.1 Å². The number of carbonyl (C=O) groups is 2. The van der Waals surface area contributed by atoms with Crippen LogP contribution in [0.4, 0.5) is 19.1 Å². The summed E-state index contributed by atoms with van der Waals surface area (Å²) < 4.78 is 55.5. The van der Waals surface area contributed by atoms with E-state index in [1.54, 1.807) is 0 Å². The Labute approximate surface area is 173 Å². The molecule has 0 spiro atoms. The van der Waals surface area contributed by atoms with Crippen molar-refractivity contribution in [2.75, 3.05) is 26.1 Å². The highest BCUT2D eigenvalue weighted by atomic mass is 19.4. The van der Waals surface area contributed by atoms with Crippen molar-refractivity contribution in [3.63, 3.8) is 0 Å². The highest BCUT2D eigenvalue weighted by Gasteiger charge is 2.38. The molecule has 3 aromatic rings. The molecule has 0 aliphatic rings. The van der Waals surface area contributed by atoms with E-state index in [1.807, 2.05) is 0 Å². The highest BCUT2D eigenvalue weighted by molar-refractivity contribution is 5.99. The van der Waals surface area contributed by atoms with Gasteiger partial charge in [0.1, 0.15) is 0 Å². The lowest BCUT2D eigenvalue weighted by atomic mass is 10.0. The van der Waals surface area contributed by atoms with Crippen LogP contribution in [0.25, 0.3) is 10.9 Å². The number of benzene rings is 1. The van der Waals surface area contributed by atoms with Crippen molar-refractivity contribution < 1.29 is 37.0 Å². The largest absolute Gasteiger partial charge is 0.481 e. The van der Waals surface area contributed by atoms with Crippen molar-refractivity contribution in [2.45, 2.75) is 6.18 Å². The van der Waals surface area contributed by atoms with Gasteiger partial charge in [-0.15, -0.1) is 0 Å². The SMILES string of the molecule is COc1cc(OC)nc(NC(=O)COC(=O)c2cnc3ccccc3c2C(F)(F)F)n1. The van der Waals surface area contributed by atoms with Crippen molar-refractivity contribution in [1.29, 1.82) is 0 Å². The average molecular weight is 436 g/mol. The number of rotatable bonds is 6. The lowest BCUT2D eigenvalue weighted by Crippen LogP contribution is -2.23. The Hall–Kier alpha value is -3.96. The van der Waals surface area contributed by atoms with E-state index in [2.05, 4.69) is 20.3 Å². The molecule has 2 aromatic heterocycles. The van der Waals surface area contributed by atoms with Crippen LogP contribution in [-0.4, -0.2) is 47.7 Å². The first-order valence-electron chi connectivity index (χ1n) is 8.62. The molecular formula is C19H15F3N4O5. The van der Waals surface area contributed by atoms with E-state index >= 15 is 0 Å². The summed E-state index contributed by atoms with van der Waals surface area (Å²) in [5.74, 6) is -2.26. The normalized spacial score (nSPS) is 11.1. The van der Waals surface area contributed by atoms with E-state index in [0.29, 0.717) is 0 Å². The summed E-state index contributed by atoms with van der Waals surface area (Å²) in [6.45, 7) is -0.883. The van der Waals surface area contributed by atoms with Crippen LogP contribution in [0.2, 0.25) is 0 Å². The van der Waals surface area contributed by atoms with Crippen molar-refractivity contribution >= 4 is 28.7 Å². The Bertz CT molecular complexity index is 1110. The molecule has 0 atom stereocenters. The summed E-state index contributed by atoms with van der Waals surface area (Å²) in [6, 6.07) is 6.86. The molecule has 0 saturated heterocycles. The lowest BCUT2D eigenvalue weighted by Gasteiger charge is -2.14. The summed E-state index contributed by atoms with van der Waals surface area (Å²) in [7, 11) is 2.68. The number of pyridine rings is 1. The van der Waals surface area contributed by atoms with Gasteiger partial charge >= 0.3 is 12.1 Å². The van der Waals surface area contributed by atoms with Crippen LogP contribution in [0.1, 0.15) is 15.9 Å². The Kier molecular flexibility index (Phi) is 6.18. The van der Waals surface area contributed by atoms with Crippen molar-refractivity contribution in [3.8, 4) is 11.8 Å². The number of para-hydroxylation sites is 1. The van der Waals surface area contributed by atoms with Gasteiger partial charge in [-0.05, 0) is 6.07 Å². The molecule has 0 aliphatic heterocycles. The molecule has 0 unspecified atom stereocenters. The monoisotopic (exact) mass is 436 g/mol. The van der Waals surface area contributed by atoms with Crippen molar-refractivity contribution in [2.24, 2.45) is 0 Å². The van der Waals surface area contributed by atoms with E-state index in [-0.39, 0.29) is 28.6 Å². The Morgan fingerprint density at radius 3 is 2.32 bits per heavy atom. The number of nitrogens with zero attached hydrogens (tertiary/aromatic N) is 3. The number of fused-ring (bicyclic) bond motifs is 1. The number of nitrogens with one attached hydrogen (secondary N) is 1. The van der Waals surface area contributed by atoms with Crippen LogP contribution >= 0.6 is 0 Å². The number of esters is 1. The third-order valence-electron chi connectivity index (χ3n) is 3.96. The minimum absolute atomic E-state index is 0.0632. The number of halogens is 3. The molecule has 1 aromatic carbocycles. The fraction of sp³-hybridized carbons (Fsp3) is 0.211. The van der Waals surface area contributed by atoms with E-state index in [9.17, 15) is 22.8 Å². The summed E-state index contributed by atoms with van der Waals surface area (Å²) in [5, 5.41) is 1.98. The Morgan fingerprint density at radius 2 is 1.71 bits per heavy atom. The second kappa shape index (κ2) is 8.81. The third kappa shape index (κ3) is 4.97.